The van der Waals surface area contributed by atoms with E-state index in [0.717, 1.165) is 0 Å². The fraction of sp³-hybridized carbons (Fsp3) is 0.333. The second-order valence-electron chi connectivity index (χ2n) is 5.29. The maximum absolute atomic E-state index is 9.31. The van der Waals surface area contributed by atoms with E-state index in [9.17, 15) is 20.4 Å². The van der Waals surface area contributed by atoms with E-state index in [0.29, 0.717) is 37.9 Å². The van der Waals surface area contributed by atoms with Gasteiger partial charge in [-0.3, -0.25) is 0 Å². The maximum Gasteiger partial charge on any atom is 0.126 e. The molecule has 2 rings (SSSR count). The van der Waals surface area contributed by atoms with Gasteiger partial charge in [-0.15, -0.1) is 0 Å². The van der Waals surface area contributed by atoms with Gasteiger partial charge in [0, 0.05) is 36.4 Å². The molecule has 26 heavy (non-hydrogen) atoms. The monoisotopic (exact) mass is 366 g/mol. The summed E-state index contributed by atoms with van der Waals surface area (Å²) in [4.78, 5) is 0. The molecule has 0 bridgehead atoms. The van der Waals surface area contributed by atoms with Gasteiger partial charge in [-0.1, -0.05) is 0 Å². The summed E-state index contributed by atoms with van der Waals surface area (Å²) in [7, 11) is 0. The third kappa shape index (κ3) is 7.37. The predicted octanol–water partition coefficient (Wildman–Crippen LogP) is 2.00. The van der Waals surface area contributed by atoms with Crippen LogP contribution in [0.15, 0.2) is 36.4 Å². The first kappa shape index (κ1) is 19.5. The summed E-state index contributed by atoms with van der Waals surface area (Å²) in [6.45, 7) is 1.96. The molecule has 8 heteroatoms. The molecule has 142 valence electrons. The molecule has 0 atom stereocenters. The number of hydrogen-bond donors (Lipinski definition) is 4. The van der Waals surface area contributed by atoms with Crippen molar-refractivity contribution >= 4 is 0 Å². The predicted molar refractivity (Wildman–Crippen MR) is 92.2 cm³/mol. The fourth-order valence-electron chi connectivity index (χ4n) is 2.06. The Morgan fingerprint density at radius 3 is 1.12 bits per heavy atom. The van der Waals surface area contributed by atoms with Crippen LogP contribution in [0.3, 0.4) is 0 Å². The topological polar surface area (TPSA) is 118 Å². The molecule has 0 radical (unpaired) electrons. The molecule has 4 N–H and O–H groups in total. The van der Waals surface area contributed by atoms with Crippen molar-refractivity contribution in [1.82, 2.24) is 0 Å². The molecule has 2 aromatic rings. The zero-order valence-corrected chi connectivity index (χ0v) is 14.1. The van der Waals surface area contributed by atoms with Crippen molar-refractivity contribution < 1.29 is 39.4 Å². The number of rotatable bonds is 11. The second kappa shape index (κ2) is 10.2. The number of ether oxygens (including phenoxy) is 4. The molecule has 2 aromatic carbocycles. The molecule has 0 unspecified atom stereocenters. The lowest BCUT2D eigenvalue weighted by atomic mass is 10.3. The van der Waals surface area contributed by atoms with Gasteiger partial charge in [0.25, 0.3) is 0 Å². The first-order valence-electron chi connectivity index (χ1n) is 8.00. The Labute approximate surface area is 150 Å². The molecule has 0 aromatic heterocycles. The first-order valence-corrected chi connectivity index (χ1v) is 8.00. The van der Waals surface area contributed by atoms with Gasteiger partial charge in [-0.25, -0.2) is 0 Å². The smallest absolute Gasteiger partial charge is 0.126 e. The minimum Gasteiger partial charge on any atom is -0.508 e. The number of phenolic OH excluding ortho intramolecular Hbond substituents is 4. The molecular weight excluding hydrogens is 344 g/mol. The van der Waals surface area contributed by atoms with Gasteiger partial charge >= 0.3 is 0 Å². The molecule has 0 amide bonds. The quantitative estimate of drug-likeness (QED) is 0.446. The summed E-state index contributed by atoms with van der Waals surface area (Å²) >= 11 is 0. The largest absolute Gasteiger partial charge is 0.508 e. The van der Waals surface area contributed by atoms with Crippen molar-refractivity contribution in [2.24, 2.45) is 0 Å². The van der Waals surface area contributed by atoms with Crippen molar-refractivity contribution in [3.05, 3.63) is 36.4 Å². The van der Waals surface area contributed by atoms with Crippen LogP contribution in [0.4, 0.5) is 0 Å². The average Bonchev–Trinajstić information content (AvgIpc) is 2.55. The fourth-order valence-corrected chi connectivity index (χ4v) is 2.06. The highest BCUT2D eigenvalue weighted by Crippen LogP contribution is 2.26. The standard InChI is InChI=1S/C18H22O8/c19-13-7-14(20)10-17(9-13)25-5-3-23-1-2-24-4-6-26-18-11-15(21)8-16(22)12-18/h7-12,19-22H,1-6H2. The lowest BCUT2D eigenvalue weighted by Crippen LogP contribution is -2.13. The molecule has 8 nitrogen and oxygen atoms in total. The maximum atomic E-state index is 9.31. The average molecular weight is 366 g/mol. The Bertz CT molecular complexity index is 589. The van der Waals surface area contributed by atoms with Crippen molar-refractivity contribution in [2.75, 3.05) is 39.6 Å². The van der Waals surface area contributed by atoms with Crippen LogP contribution in [0.5, 0.6) is 34.5 Å². The Kier molecular flexibility index (Phi) is 7.66. The molecular formula is C18H22O8. The van der Waals surface area contributed by atoms with Gasteiger partial charge in [0.1, 0.15) is 47.7 Å². The van der Waals surface area contributed by atoms with Crippen molar-refractivity contribution in [2.45, 2.75) is 0 Å². The van der Waals surface area contributed by atoms with Gasteiger partial charge in [0.05, 0.1) is 26.4 Å². The highest BCUT2D eigenvalue weighted by atomic mass is 16.6. The van der Waals surface area contributed by atoms with Crippen LogP contribution in [-0.4, -0.2) is 60.1 Å². The van der Waals surface area contributed by atoms with E-state index in [4.69, 9.17) is 18.9 Å². The number of phenols is 4. The highest BCUT2D eigenvalue weighted by Gasteiger charge is 2.01. The molecule has 0 aliphatic heterocycles. The first-order chi connectivity index (χ1) is 12.5. The molecule has 0 aliphatic rings. The Hall–Kier alpha value is -2.84. The number of benzene rings is 2. The van der Waals surface area contributed by atoms with Crippen molar-refractivity contribution in [3.8, 4) is 34.5 Å². The molecule has 0 fully saturated rings. The third-order valence-corrected chi connectivity index (χ3v) is 3.12. The van der Waals surface area contributed by atoms with Crippen LogP contribution >= 0.6 is 0 Å². The third-order valence-electron chi connectivity index (χ3n) is 3.12. The van der Waals surface area contributed by atoms with E-state index >= 15 is 0 Å². The highest BCUT2D eigenvalue weighted by molar-refractivity contribution is 5.41. The van der Waals surface area contributed by atoms with Crippen LogP contribution in [-0.2, 0) is 9.47 Å². The van der Waals surface area contributed by atoms with Crippen molar-refractivity contribution in [3.63, 3.8) is 0 Å². The summed E-state index contributed by atoms with van der Waals surface area (Å²) in [5.74, 6) is 0.430. The zero-order valence-electron chi connectivity index (χ0n) is 14.1. The molecule has 0 saturated carbocycles. The molecule has 0 aliphatic carbocycles. The van der Waals surface area contributed by atoms with E-state index in [2.05, 4.69) is 0 Å². The van der Waals surface area contributed by atoms with Crippen LogP contribution in [0.1, 0.15) is 0 Å². The Morgan fingerprint density at radius 1 is 0.462 bits per heavy atom. The Balaban J connectivity index is 1.47. The summed E-state index contributed by atoms with van der Waals surface area (Å²) in [5.41, 5.74) is 0. The normalized spacial score (nSPS) is 10.6. The number of aromatic hydroxyl groups is 4. The lowest BCUT2D eigenvalue weighted by molar-refractivity contribution is 0.0273. The van der Waals surface area contributed by atoms with E-state index in [1.807, 2.05) is 0 Å². The molecule has 0 heterocycles. The minimum absolute atomic E-state index is 0.0718. The number of hydrogen-bond acceptors (Lipinski definition) is 8. The van der Waals surface area contributed by atoms with Gasteiger partial charge < -0.3 is 39.4 Å². The second-order valence-corrected chi connectivity index (χ2v) is 5.29. The van der Waals surface area contributed by atoms with E-state index < -0.39 is 0 Å². The van der Waals surface area contributed by atoms with E-state index in [-0.39, 0.29) is 36.2 Å². The van der Waals surface area contributed by atoms with Crippen LogP contribution in [0.2, 0.25) is 0 Å². The summed E-state index contributed by atoms with van der Waals surface area (Å²) < 4.78 is 21.3. The molecule has 0 saturated heterocycles. The molecule has 0 spiro atoms. The zero-order chi connectivity index (χ0) is 18.8. The van der Waals surface area contributed by atoms with Crippen molar-refractivity contribution in [1.29, 1.82) is 0 Å². The van der Waals surface area contributed by atoms with E-state index in [1.54, 1.807) is 0 Å². The summed E-state index contributed by atoms with van der Waals surface area (Å²) in [5, 5.41) is 37.3. The van der Waals surface area contributed by atoms with Crippen LogP contribution in [0.25, 0.3) is 0 Å². The summed E-state index contributed by atoms with van der Waals surface area (Å²) in [6, 6.07) is 8.02. The summed E-state index contributed by atoms with van der Waals surface area (Å²) in [6.07, 6.45) is 0. The van der Waals surface area contributed by atoms with Gasteiger partial charge in [0.2, 0.25) is 0 Å². The minimum atomic E-state index is -0.0718. The Morgan fingerprint density at radius 2 is 0.769 bits per heavy atom. The lowest BCUT2D eigenvalue weighted by Gasteiger charge is -2.09. The van der Waals surface area contributed by atoms with Gasteiger partial charge in [-0.2, -0.15) is 0 Å². The van der Waals surface area contributed by atoms with Gasteiger partial charge in [-0.05, 0) is 0 Å². The SMILES string of the molecule is Oc1cc(O)cc(OCCOCCOCCOc2cc(O)cc(O)c2)c1. The van der Waals surface area contributed by atoms with E-state index in [1.165, 1.54) is 36.4 Å². The van der Waals surface area contributed by atoms with Gasteiger partial charge in [0.15, 0.2) is 0 Å². The van der Waals surface area contributed by atoms with Crippen LogP contribution < -0.4 is 9.47 Å². The van der Waals surface area contributed by atoms with Crippen LogP contribution in [0, 0.1) is 0 Å².